The van der Waals surface area contributed by atoms with Crippen molar-refractivity contribution in [3.05, 3.63) is 45.9 Å². The van der Waals surface area contributed by atoms with Gasteiger partial charge in [0.15, 0.2) is 5.78 Å². The molecule has 0 bridgehead atoms. The standard InChI is InChI=1S/C15H17NO2S2/c1-11-15(20-10-16-11)7-8-18-9-14(17)12-3-5-13(19-2)6-4-12/h3-6,10H,7-9H2,1-2H3. The van der Waals surface area contributed by atoms with Gasteiger partial charge in [-0.2, -0.15) is 0 Å². The molecular formula is C15H17NO2S2. The molecule has 2 rings (SSSR count). The molecule has 0 spiro atoms. The van der Waals surface area contributed by atoms with Crippen LogP contribution in [0.1, 0.15) is 20.9 Å². The van der Waals surface area contributed by atoms with Crippen molar-refractivity contribution >= 4 is 28.9 Å². The fourth-order valence-corrected chi connectivity index (χ4v) is 2.93. The van der Waals surface area contributed by atoms with Crippen molar-refractivity contribution in [2.24, 2.45) is 0 Å². The Morgan fingerprint density at radius 1 is 1.35 bits per heavy atom. The molecule has 0 atom stereocenters. The van der Waals surface area contributed by atoms with Gasteiger partial charge in [-0.25, -0.2) is 4.98 Å². The van der Waals surface area contributed by atoms with E-state index < -0.39 is 0 Å². The Balaban J connectivity index is 1.76. The summed E-state index contributed by atoms with van der Waals surface area (Å²) in [6, 6.07) is 7.62. The van der Waals surface area contributed by atoms with Crippen molar-refractivity contribution < 1.29 is 9.53 Å². The largest absolute Gasteiger partial charge is 0.373 e. The van der Waals surface area contributed by atoms with Crippen LogP contribution in [-0.2, 0) is 11.2 Å². The average Bonchev–Trinajstić information content (AvgIpc) is 2.89. The van der Waals surface area contributed by atoms with Gasteiger partial charge in [-0.3, -0.25) is 4.79 Å². The first-order valence-electron chi connectivity index (χ1n) is 6.34. The molecule has 0 amide bonds. The zero-order valence-electron chi connectivity index (χ0n) is 11.6. The smallest absolute Gasteiger partial charge is 0.188 e. The number of carbonyl (C=O) groups excluding carboxylic acids is 1. The monoisotopic (exact) mass is 307 g/mol. The predicted octanol–water partition coefficient (Wildman–Crippen LogP) is 3.62. The molecule has 1 aromatic heterocycles. The molecule has 0 fully saturated rings. The quantitative estimate of drug-likeness (QED) is 0.445. The summed E-state index contributed by atoms with van der Waals surface area (Å²) in [6.07, 6.45) is 2.83. The van der Waals surface area contributed by atoms with Crippen molar-refractivity contribution in [1.82, 2.24) is 4.98 Å². The van der Waals surface area contributed by atoms with E-state index in [0.717, 1.165) is 17.0 Å². The minimum Gasteiger partial charge on any atom is -0.373 e. The zero-order chi connectivity index (χ0) is 14.4. The number of hydrogen-bond acceptors (Lipinski definition) is 5. The molecule has 0 radical (unpaired) electrons. The van der Waals surface area contributed by atoms with Crippen molar-refractivity contribution in [2.45, 2.75) is 18.2 Å². The molecular weight excluding hydrogens is 290 g/mol. The Hall–Kier alpha value is -1.17. The SMILES string of the molecule is CSc1ccc(C(=O)COCCc2scnc2C)cc1. The Labute approximate surface area is 127 Å². The second kappa shape index (κ2) is 7.57. The Bertz CT molecular complexity index is 564. The summed E-state index contributed by atoms with van der Waals surface area (Å²) >= 11 is 3.29. The van der Waals surface area contributed by atoms with E-state index in [1.807, 2.05) is 43.0 Å². The number of nitrogens with zero attached hydrogens (tertiary/aromatic N) is 1. The van der Waals surface area contributed by atoms with E-state index in [2.05, 4.69) is 4.98 Å². The molecule has 0 saturated heterocycles. The van der Waals surface area contributed by atoms with Gasteiger partial charge < -0.3 is 4.74 Å². The first kappa shape index (κ1) is 15.2. The number of aromatic nitrogens is 1. The maximum atomic E-state index is 11.9. The fourth-order valence-electron chi connectivity index (χ4n) is 1.76. The summed E-state index contributed by atoms with van der Waals surface area (Å²) in [7, 11) is 0. The Morgan fingerprint density at radius 2 is 2.10 bits per heavy atom. The second-order valence-corrected chi connectivity index (χ2v) is 6.13. The van der Waals surface area contributed by atoms with Gasteiger partial charge in [-0.15, -0.1) is 23.1 Å². The van der Waals surface area contributed by atoms with Gasteiger partial charge in [0.1, 0.15) is 6.61 Å². The zero-order valence-corrected chi connectivity index (χ0v) is 13.2. The van der Waals surface area contributed by atoms with E-state index in [1.165, 1.54) is 4.88 Å². The van der Waals surface area contributed by atoms with Crippen LogP contribution in [0.4, 0.5) is 0 Å². The van der Waals surface area contributed by atoms with E-state index in [9.17, 15) is 4.79 Å². The third-order valence-electron chi connectivity index (χ3n) is 2.96. The van der Waals surface area contributed by atoms with E-state index in [0.29, 0.717) is 12.2 Å². The molecule has 106 valence electrons. The normalized spacial score (nSPS) is 10.7. The molecule has 0 aliphatic carbocycles. The molecule has 20 heavy (non-hydrogen) atoms. The predicted molar refractivity (Wildman–Crippen MR) is 83.9 cm³/mol. The third-order valence-corrected chi connectivity index (χ3v) is 4.70. The van der Waals surface area contributed by atoms with E-state index in [1.54, 1.807) is 23.1 Å². The minimum atomic E-state index is 0.0266. The second-order valence-electron chi connectivity index (χ2n) is 4.32. The number of thiazole rings is 1. The summed E-state index contributed by atoms with van der Waals surface area (Å²) in [5.74, 6) is 0.0266. The van der Waals surface area contributed by atoms with Crippen LogP contribution in [0.5, 0.6) is 0 Å². The number of thioether (sulfide) groups is 1. The number of Topliss-reactive ketones (excluding diaryl/α,β-unsaturated/α-hetero) is 1. The molecule has 5 heteroatoms. The maximum Gasteiger partial charge on any atom is 0.188 e. The van der Waals surface area contributed by atoms with Gasteiger partial charge in [-0.05, 0) is 25.3 Å². The molecule has 0 unspecified atom stereocenters. The summed E-state index contributed by atoms with van der Waals surface area (Å²) in [5, 5.41) is 0. The first-order valence-corrected chi connectivity index (χ1v) is 8.45. The number of carbonyl (C=O) groups is 1. The topological polar surface area (TPSA) is 39.2 Å². The minimum absolute atomic E-state index is 0.0266. The van der Waals surface area contributed by atoms with Gasteiger partial charge in [0.2, 0.25) is 0 Å². The molecule has 3 nitrogen and oxygen atoms in total. The van der Waals surface area contributed by atoms with E-state index in [4.69, 9.17) is 4.74 Å². The number of ether oxygens (including phenoxy) is 1. The van der Waals surface area contributed by atoms with Gasteiger partial charge in [-0.1, -0.05) is 12.1 Å². The van der Waals surface area contributed by atoms with Gasteiger partial charge >= 0.3 is 0 Å². The summed E-state index contributed by atoms with van der Waals surface area (Å²) in [6.45, 7) is 2.68. The lowest BCUT2D eigenvalue weighted by Crippen LogP contribution is -2.10. The Morgan fingerprint density at radius 3 is 2.70 bits per heavy atom. The summed E-state index contributed by atoms with van der Waals surface area (Å²) in [4.78, 5) is 18.5. The molecule has 2 aromatic rings. The van der Waals surface area contributed by atoms with Crippen molar-refractivity contribution in [3.8, 4) is 0 Å². The molecule has 0 aliphatic heterocycles. The Kier molecular flexibility index (Phi) is 5.76. The average molecular weight is 307 g/mol. The van der Waals surface area contributed by atoms with Crippen LogP contribution in [0.15, 0.2) is 34.7 Å². The highest BCUT2D eigenvalue weighted by Crippen LogP contribution is 2.15. The van der Waals surface area contributed by atoms with Crippen LogP contribution < -0.4 is 0 Å². The van der Waals surface area contributed by atoms with Crippen LogP contribution in [0.2, 0.25) is 0 Å². The molecule has 0 saturated carbocycles. The fraction of sp³-hybridized carbons (Fsp3) is 0.333. The van der Waals surface area contributed by atoms with Gasteiger partial charge in [0.25, 0.3) is 0 Å². The lowest BCUT2D eigenvalue weighted by atomic mass is 10.1. The summed E-state index contributed by atoms with van der Waals surface area (Å²) < 4.78 is 5.46. The van der Waals surface area contributed by atoms with Crippen molar-refractivity contribution in [1.29, 1.82) is 0 Å². The number of ketones is 1. The van der Waals surface area contributed by atoms with Gasteiger partial charge in [0.05, 0.1) is 17.8 Å². The van der Waals surface area contributed by atoms with Crippen LogP contribution in [0, 0.1) is 6.92 Å². The van der Waals surface area contributed by atoms with E-state index in [-0.39, 0.29) is 12.4 Å². The maximum absolute atomic E-state index is 11.9. The lowest BCUT2D eigenvalue weighted by Gasteiger charge is -2.04. The van der Waals surface area contributed by atoms with Crippen LogP contribution in [-0.4, -0.2) is 30.2 Å². The number of aryl methyl sites for hydroxylation is 1. The van der Waals surface area contributed by atoms with Crippen LogP contribution in [0.25, 0.3) is 0 Å². The van der Waals surface area contributed by atoms with E-state index >= 15 is 0 Å². The highest BCUT2D eigenvalue weighted by atomic mass is 32.2. The molecule has 0 N–H and O–H groups in total. The third kappa shape index (κ3) is 4.16. The van der Waals surface area contributed by atoms with Crippen molar-refractivity contribution in [3.63, 3.8) is 0 Å². The van der Waals surface area contributed by atoms with Gasteiger partial charge in [0, 0.05) is 21.8 Å². The number of benzene rings is 1. The van der Waals surface area contributed by atoms with Crippen LogP contribution >= 0.6 is 23.1 Å². The number of rotatable bonds is 7. The highest BCUT2D eigenvalue weighted by molar-refractivity contribution is 7.98. The summed E-state index contributed by atoms with van der Waals surface area (Å²) in [5.41, 5.74) is 3.60. The molecule has 1 aromatic carbocycles. The molecule has 1 heterocycles. The molecule has 0 aliphatic rings. The first-order chi connectivity index (χ1) is 9.70. The lowest BCUT2D eigenvalue weighted by molar-refractivity contribution is 0.0766. The van der Waals surface area contributed by atoms with Crippen molar-refractivity contribution in [2.75, 3.05) is 19.5 Å². The highest BCUT2D eigenvalue weighted by Gasteiger charge is 2.07. The number of hydrogen-bond donors (Lipinski definition) is 0. The van der Waals surface area contributed by atoms with Crippen LogP contribution in [0.3, 0.4) is 0 Å².